The van der Waals surface area contributed by atoms with Gasteiger partial charge in [0.2, 0.25) is 11.8 Å². The van der Waals surface area contributed by atoms with Crippen molar-refractivity contribution in [2.24, 2.45) is 0 Å². The van der Waals surface area contributed by atoms with Gasteiger partial charge in [0.1, 0.15) is 0 Å². The maximum absolute atomic E-state index is 12.4. The highest BCUT2D eigenvalue weighted by Crippen LogP contribution is 2.32. The SMILES string of the molecule is O=C(CCCCC(=O)N1CCCCC1)Nc1ccc2c(ccc3c4ccccc4ccc23)c1. The Kier molecular flexibility index (Phi) is 6.25. The number of piperidine rings is 1. The van der Waals surface area contributed by atoms with E-state index >= 15 is 0 Å². The number of carbonyl (C=O) groups excluding carboxylic acids is 2. The molecular weight excluding hydrogens is 408 g/mol. The second-order valence-electron chi connectivity index (χ2n) is 9.08. The van der Waals surface area contributed by atoms with Gasteiger partial charge in [-0.15, -0.1) is 0 Å². The van der Waals surface area contributed by atoms with Crippen LogP contribution in [0.5, 0.6) is 0 Å². The highest BCUT2D eigenvalue weighted by atomic mass is 16.2. The molecule has 0 bridgehead atoms. The molecule has 0 saturated carbocycles. The Morgan fingerprint density at radius 2 is 1.36 bits per heavy atom. The lowest BCUT2D eigenvalue weighted by Gasteiger charge is -2.26. The molecule has 4 aromatic carbocycles. The molecule has 0 atom stereocenters. The lowest BCUT2D eigenvalue weighted by atomic mass is 9.97. The van der Waals surface area contributed by atoms with Gasteiger partial charge in [-0.1, -0.05) is 54.6 Å². The van der Waals surface area contributed by atoms with Crippen LogP contribution in [0.4, 0.5) is 5.69 Å². The van der Waals surface area contributed by atoms with Crippen LogP contribution in [0.25, 0.3) is 32.3 Å². The molecular formula is C29H30N2O2. The summed E-state index contributed by atoms with van der Waals surface area (Å²) < 4.78 is 0. The van der Waals surface area contributed by atoms with Gasteiger partial charge >= 0.3 is 0 Å². The van der Waals surface area contributed by atoms with E-state index in [1.165, 1.54) is 33.4 Å². The number of hydrogen-bond donors (Lipinski definition) is 1. The van der Waals surface area contributed by atoms with Gasteiger partial charge in [0.15, 0.2) is 0 Å². The Morgan fingerprint density at radius 3 is 2.18 bits per heavy atom. The van der Waals surface area contributed by atoms with Crippen molar-refractivity contribution in [3.63, 3.8) is 0 Å². The van der Waals surface area contributed by atoms with Crippen molar-refractivity contribution < 1.29 is 9.59 Å². The minimum atomic E-state index is 0.00607. The van der Waals surface area contributed by atoms with Crippen molar-refractivity contribution in [3.05, 3.63) is 66.7 Å². The van der Waals surface area contributed by atoms with Gasteiger partial charge in [-0.3, -0.25) is 9.59 Å². The van der Waals surface area contributed by atoms with Gasteiger partial charge in [0, 0.05) is 31.6 Å². The van der Waals surface area contributed by atoms with E-state index in [1.54, 1.807) is 0 Å². The summed E-state index contributed by atoms with van der Waals surface area (Å²) in [4.78, 5) is 26.7. The van der Waals surface area contributed by atoms with E-state index in [0.717, 1.165) is 49.8 Å². The van der Waals surface area contributed by atoms with Crippen molar-refractivity contribution in [1.82, 2.24) is 4.90 Å². The molecule has 1 N–H and O–H groups in total. The Morgan fingerprint density at radius 1 is 0.697 bits per heavy atom. The third kappa shape index (κ3) is 4.70. The molecule has 1 saturated heterocycles. The lowest BCUT2D eigenvalue weighted by molar-refractivity contribution is -0.132. The van der Waals surface area contributed by atoms with Crippen LogP contribution >= 0.6 is 0 Å². The van der Waals surface area contributed by atoms with Crippen molar-refractivity contribution in [2.45, 2.75) is 44.9 Å². The number of fused-ring (bicyclic) bond motifs is 5. The van der Waals surface area contributed by atoms with E-state index in [0.29, 0.717) is 12.8 Å². The number of benzene rings is 4. The number of carbonyl (C=O) groups is 2. The second-order valence-corrected chi connectivity index (χ2v) is 9.08. The Hall–Kier alpha value is -3.40. The van der Waals surface area contributed by atoms with Crippen molar-refractivity contribution >= 4 is 49.8 Å². The number of amides is 2. The standard InChI is InChI=1S/C29H30N2O2/c32-28(10-4-5-11-29(33)31-18-6-1-7-19-31)30-23-14-17-25-22(20-23)13-16-26-24-9-3-2-8-21(24)12-15-27(25)26/h2-3,8-9,12-17,20H,1,4-7,10-11,18-19H2,(H,30,32). The number of hydrogen-bond acceptors (Lipinski definition) is 2. The number of anilines is 1. The predicted molar refractivity (Wildman–Crippen MR) is 136 cm³/mol. The lowest BCUT2D eigenvalue weighted by Crippen LogP contribution is -2.35. The molecule has 5 rings (SSSR count). The molecule has 1 aliphatic heterocycles. The van der Waals surface area contributed by atoms with Crippen LogP contribution in [0.1, 0.15) is 44.9 Å². The summed E-state index contributed by atoms with van der Waals surface area (Å²) in [6.07, 6.45) is 5.95. The first-order valence-corrected chi connectivity index (χ1v) is 12.1. The van der Waals surface area contributed by atoms with E-state index < -0.39 is 0 Å². The Bertz CT molecular complexity index is 1320. The number of rotatable bonds is 6. The summed E-state index contributed by atoms with van der Waals surface area (Å²) in [6.45, 7) is 1.79. The number of likely N-dealkylation sites (tertiary alicyclic amines) is 1. The fraction of sp³-hybridized carbons (Fsp3) is 0.310. The maximum atomic E-state index is 12.4. The molecule has 0 radical (unpaired) electrons. The van der Waals surface area contributed by atoms with Crippen molar-refractivity contribution in [1.29, 1.82) is 0 Å². The summed E-state index contributed by atoms with van der Waals surface area (Å²) in [5.74, 6) is 0.246. The van der Waals surface area contributed by atoms with E-state index in [4.69, 9.17) is 0 Å². The highest BCUT2D eigenvalue weighted by Gasteiger charge is 2.16. The van der Waals surface area contributed by atoms with Crippen molar-refractivity contribution in [2.75, 3.05) is 18.4 Å². The minimum absolute atomic E-state index is 0.00607. The topological polar surface area (TPSA) is 49.4 Å². The maximum Gasteiger partial charge on any atom is 0.224 e. The summed E-state index contributed by atoms with van der Waals surface area (Å²) in [5.41, 5.74) is 0.817. The van der Waals surface area contributed by atoms with Crippen LogP contribution in [0, 0.1) is 0 Å². The highest BCUT2D eigenvalue weighted by molar-refractivity contribution is 6.17. The van der Waals surface area contributed by atoms with E-state index in [2.05, 4.69) is 59.9 Å². The van der Waals surface area contributed by atoms with Crippen LogP contribution in [0.15, 0.2) is 66.7 Å². The zero-order valence-corrected chi connectivity index (χ0v) is 19.0. The van der Waals surface area contributed by atoms with Gasteiger partial charge < -0.3 is 10.2 Å². The summed E-state index contributed by atoms with van der Waals surface area (Å²) in [6, 6.07) is 23.2. The fourth-order valence-corrected chi connectivity index (χ4v) is 4.99. The Balaban J connectivity index is 1.21. The first-order chi connectivity index (χ1) is 16.2. The largest absolute Gasteiger partial charge is 0.343 e. The van der Waals surface area contributed by atoms with Crippen LogP contribution in [0.2, 0.25) is 0 Å². The van der Waals surface area contributed by atoms with E-state index in [1.807, 2.05) is 17.0 Å². The Labute approximate surface area is 194 Å². The van der Waals surface area contributed by atoms with Gasteiger partial charge in [-0.2, -0.15) is 0 Å². The average Bonchev–Trinajstić information content (AvgIpc) is 2.86. The molecule has 2 amide bonds. The molecule has 0 aliphatic carbocycles. The number of nitrogens with one attached hydrogen (secondary N) is 1. The van der Waals surface area contributed by atoms with E-state index in [-0.39, 0.29) is 11.8 Å². The fourth-order valence-electron chi connectivity index (χ4n) is 4.99. The minimum Gasteiger partial charge on any atom is -0.343 e. The van der Waals surface area contributed by atoms with Gasteiger partial charge in [-0.05, 0) is 76.6 Å². The average molecular weight is 439 g/mol. The second kappa shape index (κ2) is 9.62. The summed E-state index contributed by atoms with van der Waals surface area (Å²) >= 11 is 0. The van der Waals surface area contributed by atoms with Crippen LogP contribution in [-0.4, -0.2) is 29.8 Å². The molecule has 4 aromatic rings. The molecule has 1 fully saturated rings. The quantitative estimate of drug-likeness (QED) is 0.270. The molecule has 4 heteroatoms. The zero-order chi connectivity index (χ0) is 22.6. The van der Waals surface area contributed by atoms with Crippen molar-refractivity contribution in [3.8, 4) is 0 Å². The number of unbranched alkanes of at least 4 members (excludes halogenated alkanes) is 1. The van der Waals surface area contributed by atoms with Crippen LogP contribution in [-0.2, 0) is 9.59 Å². The molecule has 168 valence electrons. The predicted octanol–water partition coefficient (Wildman–Crippen LogP) is 6.66. The molecule has 0 spiro atoms. The van der Waals surface area contributed by atoms with E-state index in [9.17, 15) is 9.59 Å². The molecule has 1 aliphatic rings. The molecule has 33 heavy (non-hydrogen) atoms. The van der Waals surface area contributed by atoms with Crippen LogP contribution in [0.3, 0.4) is 0 Å². The first kappa shape index (κ1) is 21.4. The smallest absolute Gasteiger partial charge is 0.224 e. The summed E-state index contributed by atoms with van der Waals surface area (Å²) in [5, 5.41) is 10.3. The molecule has 4 nitrogen and oxygen atoms in total. The monoisotopic (exact) mass is 438 g/mol. The molecule has 1 heterocycles. The van der Waals surface area contributed by atoms with Gasteiger partial charge in [-0.25, -0.2) is 0 Å². The zero-order valence-electron chi connectivity index (χ0n) is 19.0. The van der Waals surface area contributed by atoms with Crippen LogP contribution < -0.4 is 5.32 Å². The summed E-state index contributed by atoms with van der Waals surface area (Å²) in [7, 11) is 0. The molecule has 0 aromatic heterocycles. The normalized spacial score (nSPS) is 14.1. The third-order valence-corrected chi connectivity index (χ3v) is 6.78. The third-order valence-electron chi connectivity index (χ3n) is 6.78. The van der Waals surface area contributed by atoms with Gasteiger partial charge in [0.25, 0.3) is 0 Å². The first-order valence-electron chi connectivity index (χ1n) is 12.1. The molecule has 0 unspecified atom stereocenters. The van der Waals surface area contributed by atoms with Gasteiger partial charge in [0.05, 0.1) is 0 Å². The number of nitrogens with zero attached hydrogens (tertiary/aromatic N) is 1.